The predicted octanol–water partition coefficient (Wildman–Crippen LogP) is 1.81. The summed E-state index contributed by atoms with van der Waals surface area (Å²) in [6.07, 6.45) is 0.346. The smallest absolute Gasteiger partial charge is 0.306 e. The van der Waals surface area contributed by atoms with Crippen LogP contribution >= 0.6 is 0 Å². The predicted molar refractivity (Wildman–Crippen MR) is 67.9 cm³/mol. The first-order chi connectivity index (χ1) is 8.49. The molecule has 0 fully saturated rings. The van der Waals surface area contributed by atoms with Crippen LogP contribution in [0.15, 0.2) is 18.2 Å². The second-order valence-corrected chi connectivity index (χ2v) is 4.19. The molecule has 100 valence electrons. The molecule has 0 spiro atoms. The van der Waals surface area contributed by atoms with Crippen molar-refractivity contribution in [2.45, 2.75) is 19.4 Å². The number of rotatable bonds is 6. The van der Waals surface area contributed by atoms with Crippen molar-refractivity contribution in [3.05, 3.63) is 23.8 Å². The number of methoxy groups -OCH3 is 2. The number of carboxylic acid groups (broad SMARTS) is 1. The summed E-state index contributed by atoms with van der Waals surface area (Å²) >= 11 is 0. The molecule has 1 aromatic rings. The third-order valence-electron chi connectivity index (χ3n) is 2.87. The maximum absolute atomic E-state index is 10.8. The molecule has 1 aromatic carbocycles. The Bertz CT molecular complexity index is 419. The highest BCUT2D eigenvalue weighted by Gasteiger charge is 2.19. The maximum atomic E-state index is 10.8. The number of hydrogen-bond donors (Lipinski definition) is 2. The van der Waals surface area contributed by atoms with Gasteiger partial charge in [0.1, 0.15) is 11.5 Å². The Morgan fingerprint density at radius 2 is 2.06 bits per heavy atom. The van der Waals surface area contributed by atoms with E-state index in [1.165, 1.54) is 0 Å². The minimum atomic E-state index is -0.854. The Morgan fingerprint density at radius 1 is 1.39 bits per heavy atom. The summed E-state index contributed by atoms with van der Waals surface area (Å²) in [5.41, 5.74) is 6.79. The Morgan fingerprint density at radius 3 is 2.56 bits per heavy atom. The molecule has 0 amide bonds. The number of ether oxygens (including phenoxy) is 2. The highest BCUT2D eigenvalue weighted by atomic mass is 16.5. The van der Waals surface area contributed by atoms with Gasteiger partial charge in [0, 0.05) is 11.6 Å². The largest absolute Gasteiger partial charge is 0.497 e. The summed E-state index contributed by atoms with van der Waals surface area (Å²) in [6.45, 7) is 1.63. The van der Waals surface area contributed by atoms with E-state index >= 15 is 0 Å². The third kappa shape index (κ3) is 3.37. The maximum Gasteiger partial charge on any atom is 0.306 e. The molecule has 0 aliphatic heterocycles. The lowest BCUT2D eigenvalue weighted by molar-refractivity contribution is -0.141. The molecule has 5 nitrogen and oxygen atoms in total. The molecular weight excluding hydrogens is 234 g/mol. The summed E-state index contributed by atoms with van der Waals surface area (Å²) < 4.78 is 10.4. The normalized spacial score (nSPS) is 13.8. The van der Waals surface area contributed by atoms with E-state index in [-0.39, 0.29) is 0 Å². The third-order valence-corrected chi connectivity index (χ3v) is 2.87. The zero-order valence-electron chi connectivity index (χ0n) is 10.8. The molecule has 18 heavy (non-hydrogen) atoms. The molecule has 0 bridgehead atoms. The van der Waals surface area contributed by atoms with Crippen molar-refractivity contribution in [1.82, 2.24) is 0 Å². The lowest BCUT2D eigenvalue weighted by Crippen LogP contribution is -2.19. The molecule has 5 heteroatoms. The van der Waals surface area contributed by atoms with Crippen LogP contribution in [0.1, 0.15) is 24.9 Å². The van der Waals surface area contributed by atoms with Gasteiger partial charge in [-0.2, -0.15) is 0 Å². The van der Waals surface area contributed by atoms with E-state index in [1.54, 1.807) is 39.3 Å². The van der Waals surface area contributed by atoms with Gasteiger partial charge in [-0.05, 0) is 24.6 Å². The Hall–Kier alpha value is -1.75. The Kier molecular flexibility index (Phi) is 4.97. The van der Waals surface area contributed by atoms with Crippen LogP contribution in [0.2, 0.25) is 0 Å². The molecule has 0 aliphatic rings. The number of hydrogen-bond acceptors (Lipinski definition) is 4. The summed E-state index contributed by atoms with van der Waals surface area (Å²) in [5.74, 6) is -0.0478. The van der Waals surface area contributed by atoms with E-state index in [2.05, 4.69) is 0 Å². The topological polar surface area (TPSA) is 81.8 Å². The van der Waals surface area contributed by atoms with Crippen molar-refractivity contribution in [3.8, 4) is 11.5 Å². The zero-order chi connectivity index (χ0) is 13.7. The summed E-state index contributed by atoms with van der Waals surface area (Å²) in [7, 11) is 3.12. The molecule has 0 heterocycles. The van der Waals surface area contributed by atoms with Gasteiger partial charge >= 0.3 is 5.97 Å². The molecule has 3 N–H and O–H groups in total. The second kappa shape index (κ2) is 6.26. The molecule has 2 atom stereocenters. The van der Waals surface area contributed by atoms with Gasteiger partial charge in [-0.1, -0.05) is 6.92 Å². The van der Waals surface area contributed by atoms with E-state index in [4.69, 9.17) is 20.3 Å². The number of benzene rings is 1. The average Bonchev–Trinajstić information content (AvgIpc) is 2.37. The van der Waals surface area contributed by atoms with Crippen LogP contribution in [0.25, 0.3) is 0 Å². The molecule has 2 unspecified atom stereocenters. The van der Waals surface area contributed by atoms with Crippen LogP contribution in [-0.2, 0) is 4.79 Å². The number of carbonyl (C=O) groups is 1. The van der Waals surface area contributed by atoms with Crippen molar-refractivity contribution in [2.75, 3.05) is 14.2 Å². The summed E-state index contributed by atoms with van der Waals surface area (Å²) in [4.78, 5) is 10.8. The van der Waals surface area contributed by atoms with Crippen LogP contribution < -0.4 is 15.2 Å². The molecule has 1 rings (SSSR count). The number of aliphatic carboxylic acids is 1. The first kappa shape index (κ1) is 14.3. The number of nitrogens with two attached hydrogens (primary N) is 1. The van der Waals surface area contributed by atoms with Gasteiger partial charge in [-0.3, -0.25) is 4.79 Å². The van der Waals surface area contributed by atoms with Gasteiger partial charge in [0.2, 0.25) is 0 Å². The Balaban J connectivity index is 2.95. The van der Waals surface area contributed by atoms with Gasteiger partial charge < -0.3 is 20.3 Å². The first-order valence-corrected chi connectivity index (χ1v) is 5.70. The van der Waals surface area contributed by atoms with E-state index in [9.17, 15) is 4.79 Å². The molecule has 0 radical (unpaired) electrons. The van der Waals surface area contributed by atoms with Crippen molar-refractivity contribution in [3.63, 3.8) is 0 Å². The second-order valence-electron chi connectivity index (χ2n) is 4.19. The van der Waals surface area contributed by atoms with Crippen molar-refractivity contribution < 1.29 is 19.4 Å². The van der Waals surface area contributed by atoms with E-state index in [0.29, 0.717) is 17.9 Å². The van der Waals surface area contributed by atoms with Crippen molar-refractivity contribution in [1.29, 1.82) is 0 Å². The van der Waals surface area contributed by atoms with Crippen molar-refractivity contribution in [2.24, 2.45) is 11.7 Å². The quantitative estimate of drug-likeness (QED) is 0.808. The fraction of sp³-hybridized carbons (Fsp3) is 0.462. The molecular formula is C13H19NO4. The van der Waals surface area contributed by atoms with E-state index < -0.39 is 17.9 Å². The fourth-order valence-electron chi connectivity index (χ4n) is 1.74. The fourth-order valence-corrected chi connectivity index (χ4v) is 1.74. The van der Waals surface area contributed by atoms with Gasteiger partial charge in [0.25, 0.3) is 0 Å². The van der Waals surface area contributed by atoms with Gasteiger partial charge in [-0.25, -0.2) is 0 Å². The minimum absolute atomic E-state index is 0.346. The molecule has 0 aromatic heterocycles. The van der Waals surface area contributed by atoms with Crippen LogP contribution in [0.3, 0.4) is 0 Å². The highest BCUT2D eigenvalue weighted by Crippen LogP contribution is 2.31. The first-order valence-electron chi connectivity index (χ1n) is 5.70. The molecule has 0 saturated heterocycles. The van der Waals surface area contributed by atoms with Crippen LogP contribution in [-0.4, -0.2) is 25.3 Å². The monoisotopic (exact) mass is 253 g/mol. The minimum Gasteiger partial charge on any atom is -0.497 e. The van der Waals surface area contributed by atoms with E-state index in [1.807, 2.05) is 0 Å². The summed E-state index contributed by atoms with van der Waals surface area (Å²) in [6, 6.07) is 4.91. The SMILES string of the molecule is COc1ccc(OC)c(C(N)CC(C)C(=O)O)c1. The highest BCUT2D eigenvalue weighted by molar-refractivity contribution is 5.69. The lowest BCUT2D eigenvalue weighted by atomic mass is 9.96. The van der Waals surface area contributed by atoms with Crippen LogP contribution in [0.5, 0.6) is 11.5 Å². The van der Waals surface area contributed by atoms with Crippen molar-refractivity contribution >= 4 is 5.97 Å². The average molecular weight is 253 g/mol. The standard InChI is InChI=1S/C13H19NO4/c1-8(13(15)16)6-11(14)10-7-9(17-2)4-5-12(10)18-3/h4-5,7-8,11H,6,14H2,1-3H3,(H,15,16). The van der Waals surface area contributed by atoms with E-state index in [0.717, 1.165) is 5.56 Å². The lowest BCUT2D eigenvalue weighted by Gasteiger charge is -2.18. The zero-order valence-corrected chi connectivity index (χ0v) is 10.8. The van der Waals surface area contributed by atoms with Crippen LogP contribution in [0.4, 0.5) is 0 Å². The molecule has 0 aliphatic carbocycles. The summed E-state index contributed by atoms with van der Waals surface area (Å²) in [5, 5.41) is 8.89. The van der Waals surface area contributed by atoms with Gasteiger partial charge in [0.15, 0.2) is 0 Å². The Labute approximate surface area is 107 Å². The van der Waals surface area contributed by atoms with Gasteiger partial charge in [-0.15, -0.1) is 0 Å². The molecule has 0 saturated carbocycles. The van der Waals surface area contributed by atoms with Gasteiger partial charge in [0.05, 0.1) is 20.1 Å². The van der Waals surface area contributed by atoms with Crippen LogP contribution in [0, 0.1) is 5.92 Å². The number of carboxylic acids is 1.